The van der Waals surface area contributed by atoms with E-state index in [0.717, 1.165) is 30.6 Å². The average Bonchev–Trinajstić information content (AvgIpc) is 3.32. The van der Waals surface area contributed by atoms with Gasteiger partial charge in [0.25, 0.3) is 11.8 Å². The monoisotopic (exact) mass is 409 g/mol. The summed E-state index contributed by atoms with van der Waals surface area (Å²) in [5.41, 5.74) is 3.15. The number of nitrogens with one attached hydrogen (secondary N) is 1. The largest absolute Gasteiger partial charge is 0.420 e. The van der Waals surface area contributed by atoms with Crippen LogP contribution in [0.1, 0.15) is 62.5 Å². The number of hydrogen-bond donors (Lipinski definition) is 1. The quantitative estimate of drug-likeness (QED) is 0.558. The number of nitrogens with zero attached hydrogens (tertiary/aromatic N) is 4. The summed E-state index contributed by atoms with van der Waals surface area (Å²) < 4.78 is 7.44. The molecule has 0 aliphatic carbocycles. The maximum atomic E-state index is 12.6. The fraction of sp³-hybridized carbons (Fsp3) is 0.478. The highest BCUT2D eigenvalue weighted by Gasteiger charge is 2.17. The first kappa shape index (κ1) is 21.7. The zero-order valence-electron chi connectivity index (χ0n) is 18.5. The Bertz CT molecular complexity index is 987. The number of aromatic nitrogens is 4. The molecule has 2 aromatic heterocycles. The van der Waals surface area contributed by atoms with Crippen LogP contribution in [0.2, 0.25) is 0 Å². The summed E-state index contributed by atoms with van der Waals surface area (Å²) in [6, 6.07) is 9.54. The summed E-state index contributed by atoms with van der Waals surface area (Å²) in [4.78, 5) is 12.6. The van der Waals surface area contributed by atoms with E-state index in [1.165, 1.54) is 0 Å². The summed E-state index contributed by atoms with van der Waals surface area (Å²) in [7, 11) is 0. The first-order valence-corrected chi connectivity index (χ1v) is 10.6. The highest BCUT2D eigenvalue weighted by Crippen LogP contribution is 2.23. The first-order chi connectivity index (χ1) is 14.3. The molecule has 3 aromatic rings. The minimum Gasteiger partial charge on any atom is -0.420 e. The number of amides is 1. The predicted octanol–water partition coefficient (Wildman–Crippen LogP) is 4.60. The zero-order valence-corrected chi connectivity index (χ0v) is 18.5. The van der Waals surface area contributed by atoms with Crippen LogP contribution >= 0.6 is 0 Å². The Morgan fingerprint density at radius 3 is 2.53 bits per heavy atom. The van der Waals surface area contributed by atoms with E-state index in [1.807, 2.05) is 35.0 Å². The van der Waals surface area contributed by atoms with Crippen molar-refractivity contribution in [2.75, 3.05) is 6.54 Å². The molecule has 1 aromatic carbocycles. The number of rotatable bonds is 9. The highest BCUT2D eigenvalue weighted by atomic mass is 16.4. The van der Waals surface area contributed by atoms with Crippen LogP contribution in [0, 0.1) is 18.8 Å². The van der Waals surface area contributed by atoms with Crippen molar-refractivity contribution in [1.29, 1.82) is 0 Å². The van der Waals surface area contributed by atoms with Gasteiger partial charge in [0.15, 0.2) is 0 Å². The van der Waals surface area contributed by atoms with Crippen molar-refractivity contribution in [2.24, 2.45) is 11.8 Å². The average molecular weight is 410 g/mol. The van der Waals surface area contributed by atoms with Gasteiger partial charge in [-0.3, -0.25) is 4.79 Å². The van der Waals surface area contributed by atoms with Crippen LogP contribution in [0.5, 0.6) is 0 Å². The molecular weight excluding hydrogens is 378 g/mol. The van der Waals surface area contributed by atoms with E-state index < -0.39 is 0 Å². The van der Waals surface area contributed by atoms with E-state index in [9.17, 15) is 4.79 Å². The molecule has 2 heterocycles. The molecule has 0 saturated carbocycles. The van der Waals surface area contributed by atoms with Crippen molar-refractivity contribution in [2.45, 2.75) is 53.9 Å². The number of benzene rings is 1. The van der Waals surface area contributed by atoms with Crippen LogP contribution in [0.3, 0.4) is 0 Å². The van der Waals surface area contributed by atoms with Crippen molar-refractivity contribution >= 4 is 5.91 Å². The van der Waals surface area contributed by atoms with Gasteiger partial charge in [-0.05, 0) is 55.4 Å². The lowest BCUT2D eigenvalue weighted by molar-refractivity contribution is 0.0952. The standard InChI is InChI=1S/C23H31N5O2/c1-15(2)9-10-20-14-21(23-26-25-17(5)30-23)27-28(20)19-8-6-7-18(13-19)22(29)24-12-11-16(3)4/h6-8,13-16H,9-12H2,1-5H3,(H,24,29). The lowest BCUT2D eigenvalue weighted by Gasteiger charge is -2.11. The number of aryl methyl sites for hydroxylation is 2. The molecule has 0 radical (unpaired) electrons. The second kappa shape index (κ2) is 9.69. The lowest BCUT2D eigenvalue weighted by Crippen LogP contribution is -2.25. The van der Waals surface area contributed by atoms with Crippen LogP contribution in [0.4, 0.5) is 0 Å². The molecule has 0 aliphatic heterocycles. The van der Waals surface area contributed by atoms with Gasteiger partial charge in [-0.15, -0.1) is 10.2 Å². The number of hydrogen-bond acceptors (Lipinski definition) is 5. The van der Waals surface area contributed by atoms with Crippen molar-refractivity contribution in [3.05, 3.63) is 47.5 Å². The third-order valence-corrected chi connectivity index (χ3v) is 4.87. The molecule has 7 heteroatoms. The molecule has 0 atom stereocenters. The molecule has 160 valence electrons. The molecule has 0 bridgehead atoms. The molecule has 0 fully saturated rings. The molecule has 0 unspecified atom stereocenters. The normalized spacial score (nSPS) is 11.4. The zero-order chi connectivity index (χ0) is 21.7. The van der Waals surface area contributed by atoms with Crippen molar-refractivity contribution in [3.63, 3.8) is 0 Å². The maximum Gasteiger partial charge on any atom is 0.268 e. The third kappa shape index (κ3) is 5.55. The molecule has 0 spiro atoms. The summed E-state index contributed by atoms with van der Waals surface area (Å²) in [6.45, 7) is 11.1. The second-order valence-electron chi connectivity index (χ2n) is 8.48. The summed E-state index contributed by atoms with van der Waals surface area (Å²) in [5.74, 6) is 1.96. The Hall–Kier alpha value is -2.96. The van der Waals surface area contributed by atoms with Gasteiger partial charge in [0.1, 0.15) is 5.69 Å². The van der Waals surface area contributed by atoms with Gasteiger partial charge in [0.2, 0.25) is 5.89 Å². The Kier molecular flexibility index (Phi) is 7.03. The van der Waals surface area contributed by atoms with Gasteiger partial charge in [-0.2, -0.15) is 5.10 Å². The lowest BCUT2D eigenvalue weighted by atomic mass is 10.1. The Labute approximate surface area is 177 Å². The van der Waals surface area contributed by atoms with E-state index in [4.69, 9.17) is 9.52 Å². The van der Waals surface area contributed by atoms with Gasteiger partial charge >= 0.3 is 0 Å². The van der Waals surface area contributed by atoms with Crippen LogP contribution < -0.4 is 5.32 Å². The van der Waals surface area contributed by atoms with Crippen LogP contribution in [0.25, 0.3) is 17.3 Å². The molecule has 0 aliphatic rings. The van der Waals surface area contributed by atoms with E-state index in [1.54, 1.807) is 6.92 Å². The number of carbonyl (C=O) groups excluding carboxylic acids is 1. The van der Waals surface area contributed by atoms with Crippen molar-refractivity contribution < 1.29 is 9.21 Å². The number of carbonyl (C=O) groups is 1. The molecule has 1 amide bonds. The summed E-state index contributed by atoms with van der Waals surface area (Å²) >= 11 is 0. The van der Waals surface area contributed by atoms with Gasteiger partial charge in [-0.25, -0.2) is 4.68 Å². The van der Waals surface area contributed by atoms with Crippen molar-refractivity contribution in [1.82, 2.24) is 25.3 Å². The van der Waals surface area contributed by atoms with Crippen molar-refractivity contribution in [3.8, 4) is 17.3 Å². The minimum absolute atomic E-state index is 0.0684. The highest BCUT2D eigenvalue weighted by molar-refractivity contribution is 5.94. The molecule has 7 nitrogen and oxygen atoms in total. The van der Waals surface area contributed by atoms with Gasteiger partial charge in [0.05, 0.1) is 5.69 Å². The van der Waals surface area contributed by atoms with E-state index >= 15 is 0 Å². The fourth-order valence-corrected chi connectivity index (χ4v) is 3.12. The molecule has 3 rings (SSSR count). The maximum absolute atomic E-state index is 12.6. The second-order valence-corrected chi connectivity index (χ2v) is 8.48. The smallest absolute Gasteiger partial charge is 0.268 e. The molecule has 30 heavy (non-hydrogen) atoms. The first-order valence-electron chi connectivity index (χ1n) is 10.6. The Balaban J connectivity index is 1.89. The summed E-state index contributed by atoms with van der Waals surface area (Å²) in [6.07, 6.45) is 2.85. The Morgan fingerprint density at radius 1 is 1.10 bits per heavy atom. The molecule has 0 saturated heterocycles. The van der Waals surface area contributed by atoms with Crippen LogP contribution in [-0.2, 0) is 6.42 Å². The van der Waals surface area contributed by atoms with Crippen LogP contribution in [-0.4, -0.2) is 32.4 Å². The molecule has 1 N–H and O–H groups in total. The van der Waals surface area contributed by atoms with Gasteiger partial charge in [-0.1, -0.05) is 33.8 Å². The van der Waals surface area contributed by atoms with Crippen LogP contribution in [0.15, 0.2) is 34.7 Å². The SMILES string of the molecule is Cc1nnc(-c2cc(CCC(C)C)n(-c3cccc(C(=O)NCCC(C)C)c3)n2)o1. The van der Waals surface area contributed by atoms with Gasteiger partial charge < -0.3 is 9.73 Å². The minimum atomic E-state index is -0.0684. The van der Waals surface area contributed by atoms with E-state index in [0.29, 0.717) is 41.4 Å². The predicted molar refractivity (Wildman–Crippen MR) is 117 cm³/mol. The topological polar surface area (TPSA) is 85.8 Å². The fourth-order valence-electron chi connectivity index (χ4n) is 3.12. The third-order valence-electron chi connectivity index (χ3n) is 4.87. The Morgan fingerprint density at radius 2 is 1.87 bits per heavy atom. The van der Waals surface area contributed by atoms with E-state index in [2.05, 4.69) is 43.2 Å². The van der Waals surface area contributed by atoms with E-state index in [-0.39, 0.29) is 5.91 Å². The molecular formula is C23H31N5O2. The summed E-state index contributed by atoms with van der Waals surface area (Å²) in [5, 5.41) is 15.7. The van der Waals surface area contributed by atoms with Gasteiger partial charge in [0, 0.05) is 24.7 Å².